The standard InChI is InChI=1S/C15H21BrN2O/c1-3-18(14-9-17-10-14)15(19)8-11(2)12-4-6-13(16)7-5-12/h4-7,11,14,17H,3,8-10H2,1-2H3. The number of carbonyl (C=O) groups excluding carboxylic acids is 1. The van der Waals surface area contributed by atoms with Gasteiger partial charge in [-0.25, -0.2) is 0 Å². The number of halogens is 1. The lowest BCUT2D eigenvalue weighted by atomic mass is 9.96. The van der Waals surface area contributed by atoms with Crippen LogP contribution in [0.15, 0.2) is 28.7 Å². The average Bonchev–Trinajstić information content (AvgIpc) is 2.33. The first kappa shape index (κ1) is 14.5. The lowest BCUT2D eigenvalue weighted by Crippen LogP contribution is -2.58. The van der Waals surface area contributed by atoms with Gasteiger partial charge in [0.25, 0.3) is 0 Å². The quantitative estimate of drug-likeness (QED) is 0.903. The van der Waals surface area contributed by atoms with Gasteiger partial charge in [-0.2, -0.15) is 0 Å². The van der Waals surface area contributed by atoms with Crippen molar-refractivity contribution >= 4 is 21.8 Å². The number of rotatable bonds is 5. The number of hydrogen-bond acceptors (Lipinski definition) is 2. The van der Waals surface area contributed by atoms with Gasteiger partial charge in [-0.1, -0.05) is 35.0 Å². The molecule has 0 spiro atoms. The van der Waals surface area contributed by atoms with E-state index in [0.29, 0.717) is 12.5 Å². The summed E-state index contributed by atoms with van der Waals surface area (Å²) < 4.78 is 1.07. The third-order valence-corrected chi connectivity index (χ3v) is 4.31. The normalized spacial score (nSPS) is 16.8. The van der Waals surface area contributed by atoms with E-state index in [1.165, 1.54) is 5.56 Å². The van der Waals surface area contributed by atoms with Gasteiger partial charge >= 0.3 is 0 Å². The molecule has 1 unspecified atom stereocenters. The molecule has 3 nitrogen and oxygen atoms in total. The fourth-order valence-corrected chi connectivity index (χ4v) is 2.68. The summed E-state index contributed by atoms with van der Waals surface area (Å²) in [6, 6.07) is 8.63. The first-order chi connectivity index (χ1) is 9.11. The van der Waals surface area contributed by atoms with Gasteiger partial charge in [0.15, 0.2) is 0 Å². The molecule has 1 aromatic rings. The number of amides is 1. The van der Waals surface area contributed by atoms with E-state index < -0.39 is 0 Å². The Morgan fingerprint density at radius 2 is 2.05 bits per heavy atom. The van der Waals surface area contributed by atoms with Crippen LogP contribution < -0.4 is 5.32 Å². The lowest BCUT2D eigenvalue weighted by Gasteiger charge is -2.38. The van der Waals surface area contributed by atoms with E-state index >= 15 is 0 Å². The molecule has 0 aliphatic carbocycles. The predicted octanol–water partition coefficient (Wildman–Crippen LogP) is 2.76. The third-order valence-electron chi connectivity index (χ3n) is 3.78. The van der Waals surface area contributed by atoms with E-state index in [-0.39, 0.29) is 11.8 Å². The van der Waals surface area contributed by atoms with Crippen LogP contribution >= 0.6 is 15.9 Å². The second kappa shape index (κ2) is 6.53. The number of nitrogens with zero attached hydrogens (tertiary/aromatic N) is 1. The topological polar surface area (TPSA) is 32.3 Å². The zero-order valence-electron chi connectivity index (χ0n) is 11.5. The maximum absolute atomic E-state index is 12.3. The highest BCUT2D eigenvalue weighted by atomic mass is 79.9. The molecule has 1 amide bonds. The van der Waals surface area contributed by atoms with E-state index in [9.17, 15) is 4.79 Å². The van der Waals surface area contributed by atoms with Crippen LogP contribution in [-0.4, -0.2) is 36.5 Å². The summed E-state index contributed by atoms with van der Waals surface area (Å²) in [6.07, 6.45) is 0.589. The van der Waals surface area contributed by atoms with Crippen molar-refractivity contribution < 1.29 is 4.79 Å². The van der Waals surface area contributed by atoms with Gasteiger partial charge in [0.2, 0.25) is 5.91 Å². The summed E-state index contributed by atoms with van der Waals surface area (Å²) in [6.45, 7) is 6.85. The molecule has 2 rings (SSSR count). The summed E-state index contributed by atoms with van der Waals surface area (Å²) in [5.74, 6) is 0.534. The molecular formula is C15H21BrN2O. The average molecular weight is 325 g/mol. The van der Waals surface area contributed by atoms with Crippen molar-refractivity contribution in [2.45, 2.75) is 32.2 Å². The van der Waals surface area contributed by atoms with Crippen LogP contribution in [0.2, 0.25) is 0 Å². The zero-order valence-corrected chi connectivity index (χ0v) is 13.1. The van der Waals surface area contributed by atoms with Crippen molar-refractivity contribution in [3.8, 4) is 0 Å². The molecule has 1 aromatic carbocycles. The van der Waals surface area contributed by atoms with Crippen molar-refractivity contribution in [3.05, 3.63) is 34.3 Å². The van der Waals surface area contributed by atoms with Crippen LogP contribution in [0.4, 0.5) is 0 Å². The monoisotopic (exact) mass is 324 g/mol. The molecule has 1 N–H and O–H groups in total. The molecule has 1 saturated heterocycles. The largest absolute Gasteiger partial charge is 0.337 e. The molecule has 1 aliphatic rings. The Labute approximate surface area is 123 Å². The summed E-state index contributed by atoms with van der Waals surface area (Å²) in [7, 11) is 0. The SMILES string of the molecule is CCN(C(=O)CC(C)c1ccc(Br)cc1)C1CNC1. The van der Waals surface area contributed by atoms with Gasteiger partial charge in [0.05, 0.1) is 6.04 Å². The Kier molecular flexibility index (Phi) is 4.99. The minimum Gasteiger partial charge on any atom is -0.337 e. The summed E-state index contributed by atoms with van der Waals surface area (Å²) in [4.78, 5) is 14.4. The van der Waals surface area contributed by atoms with Crippen LogP contribution in [-0.2, 0) is 4.79 Å². The minimum atomic E-state index is 0.266. The third kappa shape index (κ3) is 3.57. The smallest absolute Gasteiger partial charge is 0.223 e. The second-order valence-electron chi connectivity index (χ2n) is 5.15. The molecule has 1 atom stereocenters. The van der Waals surface area contributed by atoms with Gasteiger partial charge in [-0.3, -0.25) is 4.79 Å². The molecule has 1 aliphatic heterocycles. The number of nitrogens with one attached hydrogen (secondary N) is 1. The van der Waals surface area contributed by atoms with Crippen LogP contribution in [0.25, 0.3) is 0 Å². The summed E-state index contributed by atoms with van der Waals surface area (Å²) in [5.41, 5.74) is 1.22. The van der Waals surface area contributed by atoms with E-state index in [1.54, 1.807) is 0 Å². The summed E-state index contributed by atoms with van der Waals surface area (Å²) >= 11 is 3.43. The van der Waals surface area contributed by atoms with Gasteiger partial charge in [-0.15, -0.1) is 0 Å². The Bertz CT molecular complexity index is 428. The molecule has 19 heavy (non-hydrogen) atoms. The molecule has 0 aromatic heterocycles. The van der Waals surface area contributed by atoms with E-state index in [2.05, 4.69) is 47.2 Å². The molecule has 0 bridgehead atoms. The number of benzene rings is 1. The van der Waals surface area contributed by atoms with Crippen molar-refractivity contribution in [1.29, 1.82) is 0 Å². The minimum absolute atomic E-state index is 0.266. The Hall–Kier alpha value is -0.870. The first-order valence-electron chi connectivity index (χ1n) is 6.87. The predicted molar refractivity (Wildman–Crippen MR) is 81.2 cm³/mol. The highest BCUT2D eigenvalue weighted by Crippen LogP contribution is 2.22. The van der Waals surface area contributed by atoms with Crippen LogP contribution in [0.5, 0.6) is 0 Å². The Morgan fingerprint density at radius 3 is 2.53 bits per heavy atom. The van der Waals surface area contributed by atoms with E-state index in [4.69, 9.17) is 0 Å². The highest BCUT2D eigenvalue weighted by molar-refractivity contribution is 9.10. The Morgan fingerprint density at radius 1 is 1.42 bits per heavy atom. The Balaban J connectivity index is 1.95. The molecule has 104 valence electrons. The van der Waals surface area contributed by atoms with Crippen molar-refractivity contribution in [2.75, 3.05) is 19.6 Å². The second-order valence-corrected chi connectivity index (χ2v) is 6.06. The fourth-order valence-electron chi connectivity index (χ4n) is 2.42. The van der Waals surface area contributed by atoms with Crippen molar-refractivity contribution in [2.24, 2.45) is 0 Å². The van der Waals surface area contributed by atoms with Gasteiger partial charge < -0.3 is 10.2 Å². The molecule has 4 heteroatoms. The number of likely N-dealkylation sites (N-methyl/N-ethyl adjacent to an activating group) is 1. The van der Waals surface area contributed by atoms with Crippen molar-refractivity contribution in [1.82, 2.24) is 10.2 Å². The maximum Gasteiger partial charge on any atom is 0.223 e. The van der Waals surface area contributed by atoms with Gasteiger partial charge in [0.1, 0.15) is 0 Å². The molecule has 0 saturated carbocycles. The van der Waals surface area contributed by atoms with Crippen LogP contribution in [0.1, 0.15) is 31.7 Å². The van der Waals surface area contributed by atoms with E-state index in [1.807, 2.05) is 17.0 Å². The van der Waals surface area contributed by atoms with Crippen LogP contribution in [0.3, 0.4) is 0 Å². The van der Waals surface area contributed by atoms with Gasteiger partial charge in [0, 0.05) is 30.5 Å². The number of carbonyl (C=O) groups is 1. The fraction of sp³-hybridized carbons (Fsp3) is 0.533. The maximum atomic E-state index is 12.3. The lowest BCUT2D eigenvalue weighted by molar-refractivity contribution is -0.134. The van der Waals surface area contributed by atoms with Crippen LogP contribution in [0, 0.1) is 0 Å². The van der Waals surface area contributed by atoms with Crippen molar-refractivity contribution in [3.63, 3.8) is 0 Å². The first-order valence-corrected chi connectivity index (χ1v) is 7.66. The molecule has 0 radical (unpaired) electrons. The molecular weight excluding hydrogens is 304 g/mol. The molecule has 1 fully saturated rings. The highest BCUT2D eigenvalue weighted by Gasteiger charge is 2.27. The van der Waals surface area contributed by atoms with E-state index in [0.717, 1.165) is 24.1 Å². The van der Waals surface area contributed by atoms with Gasteiger partial charge in [-0.05, 0) is 30.5 Å². The molecule has 1 heterocycles. The zero-order chi connectivity index (χ0) is 13.8. The number of hydrogen-bond donors (Lipinski definition) is 1. The summed E-state index contributed by atoms with van der Waals surface area (Å²) in [5, 5.41) is 3.22.